The third-order valence-corrected chi connectivity index (χ3v) is 6.71. The van der Waals surface area contributed by atoms with Gasteiger partial charge in [-0.1, -0.05) is 30.3 Å². The van der Waals surface area contributed by atoms with Crippen molar-refractivity contribution in [2.24, 2.45) is 0 Å². The third kappa shape index (κ3) is 3.82. The molecule has 0 amide bonds. The van der Waals surface area contributed by atoms with Crippen molar-refractivity contribution >= 4 is 20.7 Å². The maximum absolute atomic E-state index is 13.9. The molecule has 1 aromatic heterocycles. The summed E-state index contributed by atoms with van der Waals surface area (Å²) in [5.74, 6) is -1.90. The van der Waals surface area contributed by atoms with Crippen LogP contribution in [-0.4, -0.2) is 20.1 Å². The fourth-order valence-corrected chi connectivity index (χ4v) is 4.71. The second kappa shape index (κ2) is 7.96. The number of methoxy groups -OCH3 is 1. The van der Waals surface area contributed by atoms with Gasteiger partial charge in [0.25, 0.3) is 0 Å². The first-order valence-corrected chi connectivity index (χ1v) is 10.7. The predicted octanol–water partition coefficient (Wildman–Crippen LogP) is 4.17. The molecule has 0 radical (unpaired) electrons. The normalized spacial score (nSPS) is 11.6. The van der Waals surface area contributed by atoms with Gasteiger partial charge in [-0.15, -0.1) is 0 Å². The molecule has 0 aliphatic heterocycles. The van der Waals surface area contributed by atoms with E-state index in [0.29, 0.717) is 5.75 Å². The van der Waals surface area contributed by atoms with Gasteiger partial charge in [0.05, 0.1) is 22.9 Å². The van der Waals surface area contributed by atoms with E-state index in [1.807, 2.05) is 18.2 Å². The van der Waals surface area contributed by atoms with Crippen molar-refractivity contribution in [2.75, 3.05) is 7.11 Å². The molecule has 4 rings (SSSR count). The molecule has 0 saturated carbocycles. The van der Waals surface area contributed by atoms with Crippen molar-refractivity contribution < 1.29 is 21.9 Å². The quantitative estimate of drug-likeness (QED) is 0.466. The van der Waals surface area contributed by atoms with Gasteiger partial charge in [0.15, 0.2) is 11.6 Å². The standard InChI is InChI=1S/C23H17F2NO4S/c1-30-16-7-9-17(10-8-16)31(28,29)22-14-26(13-15-5-3-2-4-6-15)21-12-20(25)19(24)11-18(21)23(22)27/h2-12,14H,13H2,1H3. The van der Waals surface area contributed by atoms with Gasteiger partial charge in [0.2, 0.25) is 15.3 Å². The van der Waals surface area contributed by atoms with Gasteiger partial charge in [-0.3, -0.25) is 4.79 Å². The monoisotopic (exact) mass is 441 g/mol. The zero-order valence-electron chi connectivity index (χ0n) is 16.4. The maximum atomic E-state index is 13.9. The summed E-state index contributed by atoms with van der Waals surface area (Å²) in [6.07, 6.45) is 1.18. The van der Waals surface area contributed by atoms with Crippen molar-refractivity contribution in [3.05, 3.63) is 100 Å². The number of benzene rings is 3. The summed E-state index contributed by atoms with van der Waals surface area (Å²) in [5, 5.41) is -0.218. The average Bonchev–Trinajstić information content (AvgIpc) is 2.77. The van der Waals surface area contributed by atoms with Crippen LogP contribution in [0.25, 0.3) is 10.9 Å². The van der Waals surface area contributed by atoms with Crippen molar-refractivity contribution in [3.63, 3.8) is 0 Å². The third-order valence-electron chi connectivity index (χ3n) is 4.94. The van der Waals surface area contributed by atoms with Crippen LogP contribution in [0.5, 0.6) is 5.75 Å². The molecule has 0 spiro atoms. The molecular formula is C23H17F2NO4S. The first-order chi connectivity index (χ1) is 14.8. The number of hydrogen-bond donors (Lipinski definition) is 0. The number of sulfone groups is 1. The van der Waals surface area contributed by atoms with Crippen LogP contribution in [0.4, 0.5) is 8.78 Å². The van der Waals surface area contributed by atoms with Crippen LogP contribution in [0, 0.1) is 11.6 Å². The fraction of sp³-hybridized carbons (Fsp3) is 0.0870. The number of halogens is 2. The Kier molecular flexibility index (Phi) is 5.32. The number of nitrogens with zero attached hydrogens (tertiary/aromatic N) is 1. The minimum absolute atomic E-state index is 0.0985. The molecule has 1 heterocycles. The van der Waals surface area contributed by atoms with Gasteiger partial charge in [-0.2, -0.15) is 0 Å². The minimum atomic E-state index is -4.23. The van der Waals surface area contributed by atoms with Gasteiger partial charge in [0, 0.05) is 18.8 Å². The Bertz CT molecular complexity index is 1430. The van der Waals surface area contributed by atoms with E-state index in [0.717, 1.165) is 17.7 Å². The van der Waals surface area contributed by atoms with Crippen molar-refractivity contribution in [1.29, 1.82) is 0 Å². The maximum Gasteiger partial charge on any atom is 0.211 e. The smallest absolute Gasteiger partial charge is 0.211 e. The molecule has 0 unspecified atom stereocenters. The number of ether oxygens (including phenoxy) is 1. The second-order valence-corrected chi connectivity index (χ2v) is 8.82. The topological polar surface area (TPSA) is 65.4 Å². The molecule has 31 heavy (non-hydrogen) atoms. The number of hydrogen-bond acceptors (Lipinski definition) is 4. The largest absolute Gasteiger partial charge is 0.497 e. The number of fused-ring (bicyclic) bond motifs is 1. The molecule has 0 fully saturated rings. The molecular weight excluding hydrogens is 424 g/mol. The summed E-state index contributed by atoms with van der Waals surface area (Å²) in [5.41, 5.74) is 0.000409. The first-order valence-electron chi connectivity index (χ1n) is 9.26. The van der Waals surface area contributed by atoms with E-state index in [4.69, 9.17) is 4.74 Å². The Morgan fingerprint density at radius 3 is 2.23 bits per heavy atom. The molecule has 5 nitrogen and oxygen atoms in total. The highest BCUT2D eigenvalue weighted by Crippen LogP contribution is 2.25. The molecule has 0 atom stereocenters. The zero-order chi connectivity index (χ0) is 22.2. The number of pyridine rings is 1. The Balaban J connectivity index is 1.97. The van der Waals surface area contributed by atoms with Crippen LogP contribution in [0.2, 0.25) is 0 Å². The second-order valence-electron chi connectivity index (χ2n) is 6.90. The van der Waals surface area contributed by atoms with Crippen LogP contribution in [-0.2, 0) is 16.4 Å². The van der Waals surface area contributed by atoms with Gasteiger partial charge in [0.1, 0.15) is 10.6 Å². The van der Waals surface area contributed by atoms with E-state index in [1.54, 1.807) is 12.1 Å². The molecule has 3 aromatic carbocycles. The lowest BCUT2D eigenvalue weighted by Gasteiger charge is -2.15. The van der Waals surface area contributed by atoms with Crippen LogP contribution in [0.1, 0.15) is 5.56 Å². The Labute approximate surface area is 177 Å². The molecule has 8 heteroatoms. The Hall–Kier alpha value is -3.52. The zero-order valence-corrected chi connectivity index (χ0v) is 17.2. The summed E-state index contributed by atoms with van der Waals surface area (Å²) < 4.78 is 60.8. The van der Waals surface area contributed by atoms with Crippen molar-refractivity contribution in [3.8, 4) is 5.75 Å². The SMILES string of the molecule is COc1ccc(S(=O)(=O)c2cn(Cc3ccccc3)c3cc(F)c(F)cc3c2=O)cc1. The summed E-state index contributed by atoms with van der Waals surface area (Å²) in [7, 11) is -2.78. The molecule has 4 aromatic rings. The lowest BCUT2D eigenvalue weighted by Crippen LogP contribution is -2.20. The predicted molar refractivity (Wildman–Crippen MR) is 112 cm³/mol. The molecule has 0 aliphatic rings. The lowest BCUT2D eigenvalue weighted by atomic mass is 10.1. The van der Waals surface area contributed by atoms with E-state index >= 15 is 0 Å². The Morgan fingerprint density at radius 2 is 1.58 bits per heavy atom. The highest BCUT2D eigenvalue weighted by molar-refractivity contribution is 7.91. The van der Waals surface area contributed by atoms with E-state index in [1.165, 1.54) is 42.1 Å². The van der Waals surface area contributed by atoms with Gasteiger partial charge >= 0.3 is 0 Å². The van der Waals surface area contributed by atoms with E-state index < -0.39 is 31.8 Å². The summed E-state index contributed by atoms with van der Waals surface area (Å²) in [6, 6.07) is 16.3. The summed E-state index contributed by atoms with van der Waals surface area (Å²) in [4.78, 5) is 12.4. The molecule has 158 valence electrons. The van der Waals surface area contributed by atoms with Crippen molar-refractivity contribution in [1.82, 2.24) is 4.57 Å². The summed E-state index contributed by atoms with van der Waals surface area (Å²) in [6.45, 7) is 0.161. The summed E-state index contributed by atoms with van der Waals surface area (Å²) >= 11 is 0. The lowest BCUT2D eigenvalue weighted by molar-refractivity contribution is 0.414. The van der Waals surface area contributed by atoms with E-state index in [2.05, 4.69) is 0 Å². The van der Waals surface area contributed by atoms with Gasteiger partial charge < -0.3 is 9.30 Å². The molecule has 0 N–H and O–H groups in total. The highest BCUT2D eigenvalue weighted by atomic mass is 32.2. The van der Waals surface area contributed by atoms with Gasteiger partial charge in [-0.05, 0) is 35.9 Å². The fourth-order valence-electron chi connectivity index (χ4n) is 3.34. The minimum Gasteiger partial charge on any atom is -0.497 e. The molecule has 0 bridgehead atoms. The van der Waals surface area contributed by atoms with E-state index in [9.17, 15) is 22.0 Å². The van der Waals surface area contributed by atoms with Crippen molar-refractivity contribution in [2.45, 2.75) is 16.3 Å². The van der Waals surface area contributed by atoms with Crippen LogP contribution < -0.4 is 10.2 Å². The first kappa shape index (κ1) is 20.7. The van der Waals surface area contributed by atoms with Gasteiger partial charge in [-0.25, -0.2) is 17.2 Å². The van der Waals surface area contributed by atoms with Crippen LogP contribution in [0.15, 0.2) is 87.5 Å². The number of rotatable bonds is 5. The molecule has 0 saturated heterocycles. The highest BCUT2D eigenvalue weighted by Gasteiger charge is 2.25. The average molecular weight is 441 g/mol. The van der Waals surface area contributed by atoms with Crippen LogP contribution in [0.3, 0.4) is 0 Å². The molecule has 0 aliphatic carbocycles. The number of aromatic nitrogens is 1. The Morgan fingerprint density at radius 1 is 0.935 bits per heavy atom. The van der Waals surface area contributed by atoms with Crippen LogP contribution >= 0.6 is 0 Å². The van der Waals surface area contributed by atoms with E-state index in [-0.39, 0.29) is 22.3 Å².